The van der Waals surface area contributed by atoms with Gasteiger partial charge in [-0.2, -0.15) is 5.10 Å². The predicted molar refractivity (Wildman–Crippen MR) is 98.7 cm³/mol. The topological polar surface area (TPSA) is 49.2 Å². The molecule has 0 atom stereocenters. The molecule has 0 saturated carbocycles. The summed E-state index contributed by atoms with van der Waals surface area (Å²) >= 11 is 0. The first-order chi connectivity index (χ1) is 12.3. The molecule has 134 valence electrons. The minimum Gasteiger partial charge on any atom is -0.399 e. The molecule has 1 aliphatic heterocycles. The highest BCUT2D eigenvalue weighted by Crippen LogP contribution is 2.36. The van der Waals surface area contributed by atoms with Crippen LogP contribution in [0, 0.1) is 5.82 Å². The number of benzene rings is 1. The van der Waals surface area contributed by atoms with Gasteiger partial charge in [0.15, 0.2) is 0 Å². The van der Waals surface area contributed by atoms with Gasteiger partial charge in [-0.1, -0.05) is 12.1 Å². The highest BCUT2D eigenvalue weighted by atomic mass is 19.1. The third-order valence-electron chi connectivity index (χ3n) is 5.35. The Morgan fingerprint density at radius 3 is 2.31 bits per heavy atom. The lowest BCUT2D eigenvalue weighted by Crippen LogP contribution is -2.41. The molecule has 1 aliphatic rings. The maximum Gasteiger partial charge on any atom is 0.497 e. The summed E-state index contributed by atoms with van der Waals surface area (Å²) < 4.78 is 27.3. The van der Waals surface area contributed by atoms with E-state index in [1.54, 1.807) is 30.7 Å². The van der Waals surface area contributed by atoms with E-state index >= 15 is 0 Å². The summed E-state index contributed by atoms with van der Waals surface area (Å²) in [6, 6.07) is 6.42. The number of rotatable bonds is 3. The SMILES string of the molecule is CC1(C)OB(c2cncc3c2cnn3Cc2ccc(F)cc2)OC1(C)C. The molecule has 3 aromatic rings. The van der Waals surface area contributed by atoms with E-state index in [0.717, 1.165) is 21.9 Å². The summed E-state index contributed by atoms with van der Waals surface area (Å²) in [6.45, 7) is 8.65. The van der Waals surface area contributed by atoms with Crippen LogP contribution in [0.25, 0.3) is 10.9 Å². The molecule has 0 unspecified atom stereocenters. The Morgan fingerprint density at radius 2 is 1.65 bits per heavy atom. The fourth-order valence-corrected chi connectivity index (χ4v) is 3.06. The molecule has 0 aliphatic carbocycles. The second-order valence-electron chi connectivity index (χ2n) is 7.68. The lowest BCUT2D eigenvalue weighted by Gasteiger charge is -2.32. The van der Waals surface area contributed by atoms with Crippen molar-refractivity contribution in [1.82, 2.24) is 14.8 Å². The molecule has 1 aromatic carbocycles. The van der Waals surface area contributed by atoms with Crippen LogP contribution in [-0.2, 0) is 15.9 Å². The molecular formula is C19H21BFN3O2. The lowest BCUT2D eigenvalue weighted by atomic mass is 9.78. The van der Waals surface area contributed by atoms with Crippen molar-refractivity contribution in [2.75, 3.05) is 0 Å². The summed E-state index contributed by atoms with van der Waals surface area (Å²) in [4.78, 5) is 4.36. The monoisotopic (exact) mass is 353 g/mol. The van der Waals surface area contributed by atoms with Crippen molar-refractivity contribution in [3.05, 3.63) is 54.2 Å². The van der Waals surface area contributed by atoms with Gasteiger partial charge in [-0.05, 0) is 45.4 Å². The van der Waals surface area contributed by atoms with Gasteiger partial charge in [0.05, 0.1) is 35.7 Å². The van der Waals surface area contributed by atoms with Crippen molar-refractivity contribution in [2.24, 2.45) is 0 Å². The molecule has 2 aromatic heterocycles. The maximum atomic E-state index is 13.1. The van der Waals surface area contributed by atoms with E-state index in [0.29, 0.717) is 6.54 Å². The van der Waals surface area contributed by atoms with Gasteiger partial charge in [0, 0.05) is 17.0 Å². The number of halogens is 1. The summed E-state index contributed by atoms with van der Waals surface area (Å²) in [5.74, 6) is -0.246. The molecule has 1 fully saturated rings. The fraction of sp³-hybridized carbons (Fsp3) is 0.368. The Morgan fingerprint density at radius 1 is 1.00 bits per heavy atom. The molecule has 0 radical (unpaired) electrons. The molecule has 26 heavy (non-hydrogen) atoms. The summed E-state index contributed by atoms with van der Waals surface area (Å²) in [7, 11) is -0.486. The molecule has 0 bridgehead atoms. The average molecular weight is 353 g/mol. The standard InChI is InChI=1S/C19H21BFN3O2/c1-18(2)19(3,4)26-20(25-18)16-10-22-11-17-15(16)9-23-24(17)12-13-5-7-14(21)8-6-13/h5-11H,12H2,1-4H3. The molecule has 3 heterocycles. The first-order valence-corrected chi connectivity index (χ1v) is 8.66. The van der Waals surface area contributed by atoms with Gasteiger partial charge >= 0.3 is 7.12 Å². The Labute approximate surface area is 152 Å². The molecular weight excluding hydrogens is 332 g/mol. The van der Waals surface area contributed by atoms with Crippen LogP contribution in [0.1, 0.15) is 33.3 Å². The second-order valence-corrected chi connectivity index (χ2v) is 7.68. The zero-order chi connectivity index (χ0) is 18.5. The Balaban J connectivity index is 1.69. The zero-order valence-electron chi connectivity index (χ0n) is 15.4. The largest absolute Gasteiger partial charge is 0.497 e. The minimum atomic E-state index is -0.486. The van der Waals surface area contributed by atoms with Crippen molar-refractivity contribution < 1.29 is 13.7 Å². The van der Waals surface area contributed by atoms with Crippen LogP contribution in [0.3, 0.4) is 0 Å². The van der Waals surface area contributed by atoms with Gasteiger partial charge in [-0.25, -0.2) is 4.39 Å². The van der Waals surface area contributed by atoms with Gasteiger partial charge in [0.25, 0.3) is 0 Å². The highest BCUT2D eigenvalue weighted by molar-refractivity contribution is 6.65. The Kier molecular flexibility index (Phi) is 3.89. The molecule has 5 nitrogen and oxygen atoms in total. The van der Waals surface area contributed by atoms with Gasteiger partial charge < -0.3 is 9.31 Å². The highest BCUT2D eigenvalue weighted by Gasteiger charge is 2.52. The third-order valence-corrected chi connectivity index (χ3v) is 5.35. The number of hydrogen-bond acceptors (Lipinski definition) is 4. The van der Waals surface area contributed by atoms with Gasteiger partial charge in [-0.15, -0.1) is 0 Å². The molecule has 4 rings (SSSR count). The number of hydrogen-bond donors (Lipinski definition) is 0. The van der Waals surface area contributed by atoms with Crippen molar-refractivity contribution >= 4 is 23.5 Å². The van der Waals surface area contributed by atoms with Crippen LogP contribution in [0.15, 0.2) is 42.9 Å². The molecule has 1 saturated heterocycles. The van der Waals surface area contributed by atoms with Crippen molar-refractivity contribution in [3.8, 4) is 0 Å². The molecule has 0 N–H and O–H groups in total. The summed E-state index contributed by atoms with van der Waals surface area (Å²) in [5, 5.41) is 5.43. The van der Waals surface area contributed by atoms with Crippen molar-refractivity contribution in [1.29, 1.82) is 0 Å². The van der Waals surface area contributed by atoms with Gasteiger partial charge in [0.1, 0.15) is 5.82 Å². The van der Waals surface area contributed by atoms with Crippen LogP contribution >= 0.6 is 0 Å². The van der Waals surface area contributed by atoms with E-state index in [1.807, 2.05) is 32.4 Å². The van der Waals surface area contributed by atoms with Gasteiger partial charge in [-0.3, -0.25) is 9.67 Å². The van der Waals surface area contributed by atoms with E-state index < -0.39 is 18.3 Å². The molecule has 7 heteroatoms. The predicted octanol–water partition coefficient (Wildman–Crippen LogP) is 2.92. The van der Waals surface area contributed by atoms with E-state index in [9.17, 15) is 4.39 Å². The van der Waals surface area contributed by atoms with E-state index in [2.05, 4.69) is 10.1 Å². The van der Waals surface area contributed by atoms with Crippen LogP contribution in [0.5, 0.6) is 0 Å². The van der Waals surface area contributed by atoms with E-state index in [4.69, 9.17) is 9.31 Å². The Hall–Kier alpha value is -2.25. The fourth-order valence-electron chi connectivity index (χ4n) is 3.06. The van der Waals surface area contributed by atoms with Crippen LogP contribution < -0.4 is 5.46 Å². The summed E-state index contributed by atoms with van der Waals surface area (Å²) in [6.07, 6.45) is 5.36. The third kappa shape index (κ3) is 2.81. The smallest absolute Gasteiger partial charge is 0.399 e. The van der Waals surface area contributed by atoms with E-state index in [-0.39, 0.29) is 5.82 Å². The van der Waals surface area contributed by atoms with E-state index in [1.165, 1.54) is 12.1 Å². The second kappa shape index (κ2) is 5.89. The Bertz CT molecular complexity index is 937. The quantitative estimate of drug-likeness (QED) is 0.680. The van der Waals surface area contributed by atoms with Gasteiger partial charge in [0.2, 0.25) is 0 Å². The summed E-state index contributed by atoms with van der Waals surface area (Å²) in [5.41, 5.74) is 1.90. The van der Waals surface area contributed by atoms with Crippen LogP contribution in [0.4, 0.5) is 4.39 Å². The average Bonchev–Trinajstić information content (AvgIpc) is 3.08. The maximum absolute atomic E-state index is 13.1. The number of fused-ring (bicyclic) bond motifs is 1. The minimum absolute atomic E-state index is 0.246. The first kappa shape index (κ1) is 17.2. The van der Waals surface area contributed by atoms with Crippen molar-refractivity contribution in [3.63, 3.8) is 0 Å². The lowest BCUT2D eigenvalue weighted by molar-refractivity contribution is 0.00578. The molecule has 0 amide bonds. The molecule has 0 spiro atoms. The first-order valence-electron chi connectivity index (χ1n) is 8.66. The normalized spacial score (nSPS) is 18.6. The van der Waals surface area contributed by atoms with Crippen LogP contribution in [-0.4, -0.2) is 33.1 Å². The number of pyridine rings is 1. The number of aromatic nitrogens is 3. The zero-order valence-corrected chi connectivity index (χ0v) is 15.4. The van der Waals surface area contributed by atoms with Crippen LogP contribution in [0.2, 0.25) is 0 Å². The van der Waals surface area contributed by atoms with Crippen molar-refractivity contribution in [2.45, 2.75) is 45.4 Å². The number of nitrogens with zero attached hydrogens (tertiary/aromatic N) is 3.